The number of halogens is 2. The van der Waals surface area contributed by atoms with Crippen molar-refractivity contribution in [3.63, 3.8) is 0 Å². The molecule has 0 radical (unpaired) electrons. The number of carbonyl (C=O) groups excluding carboxylic acids is 4. The molecule has 4 amide bonds. The van der Waals surface area contributed by atoms with E-state index in [0.29, 0.717) is 51.6 Å². The van der Waals surface area contributed by atoms with Crippen LogP contribution in [0.5, 0.6) is 0 Å². The van der Waals surface area contributed by atoms with Crippen molar-refractivity contribution in [2.45, 2.75) is 25.3 Å². The molecule has 8 rings (SSSR count). The van der Waals surface area contributed by atoms with Crippen LogP contribution in [0.2, 0.25) is 5.02 Å². The molecule has 13 nitrogen and oxygen atoms in total. The predicted molar refractivity (Wildman–Crippen MR) is 234 cm³/mol. The lowest BCUT2D eigenvalue weighted by Gasteiger charge is -2.36. The molecular weight excluding hydrogens is 797 g/mol. The normalized spacial score (nSPS) is 15.5. The first kappa shape index (κ1) is 40.6. The highest BCUT2D eigenvalue weighted by atomic mass is 35.5. The van der Waals surface area contributed by atoms with Crippen LogP contribution in [0.1, 0.15) is 50.6 Å². The van der Waals surface area contributed by atoms with Gasteiger partial charge in [-0.2, -0.15) is 4.98 Å². The second-order valence-corrected chi connectivity index (χ2v) is 15.2. The first-order chi connectivity index (χ1) is 29.6. The minimum atomic E-state index is -0.698. The number of anilines is 6. The van der Waals surface area contributed by atoms with Crippen LogP contribution in [0.4, 0.5) is 38.9 Å². The van der Waals surface area contributed by atoms with Gasteiger partial charge in [0.15, 0.2) is 11.6 Å². The summed E-state index contributed by atoms with van der Waals surface area (Å²) in [5.74, 6) is -2.31. The van der Waals surface area contributed by atoms with Crippen LogP contribution in [-0.2, 0) is 16.1 Å². The first-order valence-corrected chi connectivity index (χ1v) is 20.1. The molecule has 0 bridgehead atoms. The molecule has 3 heterocycles. The lowest BCUT2D eigenvalue weighted by Crippen LogP contribution is -2.46. The summed E-state index contributed by atoms with van der Waals surface area (Å²) in [7, 11) is 0. The molecule has 6 aromatic rings. The summed E-state index contributed by atoms with van der Waals surface area (Å²) in [6.07, 6.45) is 1.94. The molecule has 2 aliphatic rings. The van der Waals surface area contributed by atoms with Gasteiger partial charge in [-0.1, -0.05) is 54.1 Å². The summed E-state index contributed by atoms with van der Waals surface area (Å²) in [5.41, 5.74) is 12.3. The van der Waals surface area contributed by atoms with Gasteiger partial charge in [-0.3, -0.25) is 29.4 Å². The number of amides is 4. The van der Waals surface area contributed by atoms with Crippen molar-refractivity contribution in [1.29, 1.82) is 0 Å². The Kier molecular flexibility index (Phi) is 12.0. The highest BCUT2D eigenvalue weighted by Gasteiger charge is 2.28. The van der Waals surface area contributed by atoms with Gasteiger partial charge in [0, 0.05) is 83.6 Å². The minimum absolute atomic E-state index is 0.105. The standard InChI is InChI=1S/C46H41ClFN9O4/c47-39-4-2-1-3-36(39)38-25-33(15-18-37(38)42(49)59)51-43-40(48)26-50-46(55-43)53-32-13-7-30(8-14-32)44(60)52-31-11-5-28(6-12-31)27-56-21-23-57(24-22-56)34-16-9-29(10-17-34)35-19-20-41(58)54-45(35)61/h1-18,25-26,35H,19-24,27H2,(H2,49,59)(H,52,60)(H,54,58,61)(H2,50,51,53,55). The number of piperidine rings is 1. The molecule has 2 fully saturated rings. The van der Waals surface area contributed by atoms with Crippen LogP contribution in [0, 0.1) is 5.82 Å². The Bertz CT molecular complexity index is 2600. The minimum Gasteiger partial charge on any atom is -0.369 e. The third-order valence-corrected chi connectivity index (χ3v) is 11.1. The van der Waals surface area contributed by atoms with Gasteiger partial charge in [-0.15, -0.1) is 0 Å². The molecule has 2 saturated heterocycles. The van der Waals surface area contributed by atoms with Crippen LogP contribution < -0.4 is 31.9 Å². The van der Waals surface area contributed by atoms with Gasteiger partial charge in [-0.25, -0.2) is 9.37 Å². The molecule has 0 aliphatic carbocycles. The summed E-state index contributed by atoms with van der Waals surface area (Å²) in [6, 6.07) is 34.4. The smallest absolute Gasteiger partial charge is 0.255 e. The average Bonchev–Trinajstić information content (AvgIpc) is 3.26. The van der Waals surface area contributed by atoms with E-state index in [1.54, 1.807) is 60.7 Å². The first-order valence-electron chi connectivity index (χ1n) is 19.7. The number of primary amides is 1. The maximum absolute atomic E-state index is 14.9. The molecule has 2 aliphatic heterocycles. The number of nitrogens with zero attached hydrogens (tertiary/aromatic N) is 4. The Balaban J connectivity index is 0.821. The molecule has 308 valence electrons. The Morgan fingerprint density at radius 1 is 0.820 bits per heavy atom. The summed E-state index contributed by atoms with van der Waals surface area (Å²) >= 11 is 6.41. The molecule has 0 spiro atoms. The summed E-state index contributed by atoms with van der Waals surface area (Å²) in [4.78, 5) is 62.2. The van der Waals surface area contributed by atoms with E-state index in [1.165, 1.54) is 6.07 Å². The molecule has 0 saturated carbocycles. The maximum Gasteiger partial charge on any atom is 0.255 e. The Hall–Kier alpha value is -7.16. The number of piperazine rings is 1. The number of imide groups is 1. The van der Waals surface area contributed by atoms with E-state index in [2.05, 4.69) is 53.2 Å². The largest absolute Gasteiger partial charge is 0.369 e. The van der Waals surface area contributed by atoms with Crippen molar-refractivity contribution >= 4 is 69.7 Å². The van der Waals surface area contributed by atoms with E-state index in [4.69, 9.17) is 17.3 Å². The fraction of sp³-hybridized carbons (Fsp3) is 0.174. The number of benzene rings is 5. The van der Waals surface area contributed by atoms with E-state index in [0.717, 1.165) is 55.7 Å². The number of hydrogen-bond acceptors (Lipinski definition) is 10. The van der Waals surface area contributed by atoms with Gasteiger partial charge >= 0.3 is 0 Å². The van der Waals surface area contributed by atoms with Crippen LogP contribution in [0.15, 0.2) is 121 Å². The lowest BCUT2D eigenvalue weighted by molar-refractivity contribution is -0.134. The Labute approximate surface area is 356 Å². The topological polar surface area (TPSA) is 175 Å². The SMILES string of the molecule is NC(=O)c1ccc(Nc2nc(Nc3ccc(C(=O)Nc4ccc(CN5CCN(c6ccc(C7CCC(=O)NC7=O)cc6)CC5)cc4)cc3)ncc2F)cc1-c1ccccc1Cl. The zero-order chi connectivity index (χ0) is 42.5. The molecule has 1 atom stereocenters. The van der Waals surface area contributed by atoms with Gasteiger partial charge < -0.3 is 26.6 Å². The van der Waals surface area contributed by atoms with Gasteiger partial charge in [0.05, 0.1) is 12.1 Å². The van der Waals surface area contributed by atoms with Crippen LogP contribution >= 0.6 is 11.6 Å². The van der Waals surface area contributed by atoms with Crippen LogP contribution in [-0.4, -0.2) is 64.7 Å². The number of carbonyl (C=O) groups is 4. The van der Waals surface area contributed by atoms with Gasteiger partial charge in [-0.05, 0) is 95.9 Å². The molecule has 15 heteroatoms. The highest BCUT2D eigenvalue weighted by molar-refractivity contribution is 6.33. The second kappa shape index (κ2) is 18.0. The summed E-state index contributed by atoms with van der Waals surface area (Å²) < 4.78 is 14.9. The summed E-state index contributed by atoms with van der Waals surface area (Å²) in [6.45, 7) is 4.32. The van der Waals surface area contributed by atoms with Gasteiger partial charge in [0.2, 0.25) is 23.7 Å². The third-order valence-electron chi connectivity index (χ3n) is 10.7. The van der Waals surface area contributed by atoms with Crippen LogP contribution in [0.3, 0.4) is 0 Å². The molecule has 5 aromatic carbocycles. The number of aromatic nitrogens is 2. The second-order valence-electron chi connectivity index (χ2n) is 14.8. The zero-order valence-corrected chi connectivity index (χ0v) is 33.6. The van der Waals surface area contributed by atoms with E-state index >= 15 is 0 Å². The summed E-state index contributed by atoms with van der Waals surface area (Å²) in [5, 5.41) is 11.8. The number of rotatable bonds is 12. The maximum atomic E-state index is 14.9. The fourth-order valence-electron chi connectivity index (χ4n) is 7.47. The molecule has 1 unspecified atom stereocenters. The number of nitrogens with one attached hydrogen (secondary N) is 4. The van der Waals surface area contributed by atoms with Gasteiger partial charge in [0.1, 0.15) is 0 Å². The average molecular weight is 838 g/mol. The van der Waals surface area contributed by atoms with Crippen molar-refractivity contribution in [2.24, 2.45) is 5.73 Å². The zero-order valence-electron chi connectivity index (χ0n) is 32.8. The van der Waals surface area contributed by atoms with E-state index in [-0.39, 0.29) is 41.0 Å². The predicted octanol–water partition coefficient (Wildman–Crippen LogP) is 7.62. The van der Waals surface area contributed by atoms with Crippen molar-refractivity contribution in [3.05, 3.63) is 155 Å². The lowest BCUT2D eigenvalue weighted by atomic mass is 9.90. The number of nitrogens with two attached hydrogens (primary N) is 1. The molecular formula is C46H41ClFN9O4. The van der Waals surface area contributed by atoms with Crippen molar-refractivity contribution < 1.29 is 23.6 Å². The monoisotopic (exact) mass is 837 g/mol. The fourth-order valence-corrected chi connectivity index (χ4v) is 7.71. The van der Waals surface area contributed by atoms with Crippen LogP contribution in [0.25, 0.3) is 11.1 Å². The Morgan fingerprint density at radius 2 is 1.52 bits per heavy atom. The highest BCUT2D eigenvalue weighted by Crippen LogP contribution is 2.34. The molecule has 6 N–H and O–H groups in total. The Morgan fingerprint density at radius 3 is 2.23 bits per heavy atom. The quantitative estimate of drug-likeness (QED) is 0.0772. The van der Waals surface area contributed by atoms with E-state index < -0.39 is 11.7 Å². The van der Waals surface area contributed by atoms with Gasteiger partial charge in [0.25, 0.3) is 5.91 Å². The van der Waals surface area contributed by atoms with E-state index in [1.807, 2.05) is 36.4 Å². The third kappa shape index (κ3) is 9.67. The van der Waals surface area contributed by atoms with Crippen molar-refractivity contribution in [2.75, 3.05) is 47.0 Å². The molecule has 61 heavy (non-hydrogen) atoms. The van der Waals surface area contributed by atoms with Crippen molar-refractivity contribution in [3.8, 4) is 11.1 Å². The van der Waals surface area contributed by atoms with Crippen molar-refractivity contribution in [1.82, 2.24) is 20.2 Å². The number of hydrogen-bond donors (Lipinski definition) is 5. The molecule has 1 aromatic heterocycles. The van der Waals surface area contributed by atoms with E-state index in [9.17, 15) is 23.6 Å².